The maximum atomic E-state index is 12.7. The Kier molecular flexibility index (Phi) is 8.00. The lowest BCUT2D eigenvalue weighted by Gasteiger charge is -2.26. The van der Waals surface area contributed by atoms with E-state index >= 15 is 0 Å². The Morgan fingerprint density at radius 2 is 2.20 bits per heavy atom. The molecule has 0 radical (unpaired) electrons. The van der Waals surface area contributed by atoms with Gasteiger partial charge in [0.25, 0.3) is 0 Å². The van der Waals surface area contributed by atoms with Gasteiger partial charge >= 0.3 is 0 Å². The summed E-state index contributed by atoms with van der Waals surface area (Å²) >= 11 is 0. The molecule has 2 fully saturated rings. The van der Waals surface area contributed by atoms with E-state index in [1.165, 1.54) is 12.8 Å². The van der Waals surface area contributed by atoms with E-state index in [1.807, 2.05) is 29.2 Å². The molecule has 1 aliphatic heterocycles. The van der Waals surface area contributed by atoms with Crippen molar-refractivity contribution in [2.24, 2.45) is 5.92 Å². The number of methoxy groups -OCH3 is 1. The SMILES string of the molecule is COc1cccc(CN(CC2CCCO2)C(=O)CNCC2CC2)c1.Cl. The van der Waals surface area contributed by atoms with Crippen LogP contribution in [0, 0.1) is 5.92 Å². The fourth-order valence-corrected chi connectivity index (χ4v) is 3.10. The van der Waals surface area contributed by atoms with Crippen LogP contribution in [0.15, 0.2) is 24.3 Å². The molecule has 2 aliphatic rings. The van der Waals surface area contributed by atoms with Gasteiger partial charge in [-0.25, -0.2) is 0 Å². The number of carbonyl (C=O) groups is 1. The van der Waals surface area contributed by atoms with Crippen LogP contribution in [0.25, 0.3) is 0 Å². The number of carbonyl (C=O) groups excluding carboxylic acids is 1. The van der Waals surface area contributed by atoms with Gasteiger partial charge in [-0.05, 0) is 55.8 Å². The van der Waals surface area contributed by atoms with E-state index in [2.05, 4.69) is 5.32 Å². The third-order valence-corrected chi connectivity index (χ3v) is 4.71. The Hall–Kier alpha value is -1.30. The second-order valence-corrected chi connectivity index (χ2v) is 6.84. The number of rotatable bonds is 9. The van der Waals surface area contributed by atoms with Gasteiger partial charge in [0.2, 0.25) is 5.91 Å². The van der Waals surface area contributed by atoms with Crippen LogP contribution < -0.4 is 10.1 Å². The summed E-state index contributed by atoms with van der Waals surface area (Å²) < 4.78 is 11.0. The topological polar surface area (TPSA) is 50.8 Å². The normalized spacial score (nSPS) is 19.3. The number of ether oxygens (including phenoxy) is 2. The minimum Gasteiger partial charge on any atom is -0.497 e. The molecule has 0 aromatic heterocycles. The van der Waals surface area contributed by atoms with Crippen LogP contribution in [-0.2, 0) is 16.1 Å². The Bertz CT molecular complexity index is 545. The molecule has 1 saturated heterocycles. The fourth-order valence-electron chi connectivity index (χ4n) is 3.10. The second kappa shape index (κ2) is 10.00. The van der Waals surface area contributed by atoms with Crippen molar-refractivity contribution >= 4 is 18.3 Å². The molecule has 1 saturated carbocycles. The van der Waals surface area contributed by atoms with Gasteiger partial charge in [-0.15, -0.1) is 12.4 Å². The molecule has 0 bridgehead atoms. The lowest BCUT2D eigenvalue weighted by atomic mass is 10.1. The van der Waals surface area contributed by atoms with Crippen molar-refractivity contribution in [3.8, 4) is 5.75 Å². The van der Waals surface area contributed by atoms with Gasteiger partial charge in [-0.2, -0.15) is 0 Å². The van der Waals surface area contributed by atoms with Gasteiger partial charge in [0.15, 0.2) is 0 Å². The fraction of sp³-hybridized carbons (Fsp3) is 0.632. The van der Waals surface area contributed by atoms with Gasteiger partial charge in [0.05, 0.1) is 19.8 Å². The van der Waals surface area contributed by atoms with E-state index < -0.39 is 0 Å². The van der Waals surface area contributed by atoms with Crippen LogP contribution in [-0.4, -0.2) is 50.3 Å². The maximum Gasteiger partial charge on any atom is 0.236 e. The first-order valence-corrected chi connectivity index (χ1v) is 8.97. The number of benzene rings is 1. The summed E-state index contributed by atoms with van der Waals surface area (Å²) in [5.41, 5.74) is 1.09. The standard InChI is InChI=1S/C19H28N2O3.ClH/c1-23-17-5-2-4-16(10-17)13-21(14-18-6-3-9-24-18)19(22)12-20-11-15-7-8-15;/h2,4-5,10,15,18,20H,3,6-9,11-14H2,1H3;1H. The van der Waals surface area contributed by atoms with Crippen molar-refractivity contribution in [2.45, 2.75) is 38.3 Å². The summed E-state index contributed by atoms with van der Waals surface area (Å²) in [6, 6.07) is 7.92. The van der Waals surface area contributed by atoms with Crippen molar-refractivity contribution < 1.29 is 14.3 Å². The predicted octanol–water partition coefficient (Wildman–Crippen LogP) is 2.62. The van der Waals surface area contributed by atoms with E-state index in [0.717, 1.165) is 43.2 Å². The third kappa shape index (κ3) is 6.49. The average molecular weight is 369 g/mol. The van der Waals surface area contributed by atoms with E-state index in [0.29, 0.717) is 19.6 Å². The molecule has 3 rings (SSSR count). The molecular weight excluding hydrogens is 340 g/mol. The summed E-state index contributed by atoms with van der Waals surface area (Å²) in [6.07, 6.45) is 4.89. The zero-order valence-corrected chi connectivity index (χ0v) is 15.7. The molecule has 0 spiro atoms. The molecule has 1 atom stereocenters. The minimum absolute atomic E-state index is 0. The first-order valence-electron chi connectivity index (χ1n) is 8.97. The minimum atomic E-state index is 0. The second-order valence-electron chi connectivity index (χ2n) is 6.84. The molecule has 1 aromatic rings. The van der Waals surface area contributed by atoms with Gasteiger partial charge in [0.1, 0.15) is 5.75 Å². The van der Waals surface area contributed by atoms with Crippen LogP contribution in [0.5, 0.6) is 5.75 Å². The van der Waals surface area contributed by atoms with Crippen LogP contribution >= 0.6 is 12.4 Å². The molecule has 1 amide bonds. The first kappa shape index (κ1) is 20.0. The van der Waals surface area contributed by atoms with Crippen molar-refractivity contribution in [1.29, 1.82) is 0 Å². The van der Waals surface area contributed by atoms with Gasteiger partial charge in [0, 0.05) is 19.7 Å². The van der Waals surface area contributed by atoms with E-state index in [4.69, 9.17) is 9.47 Å². The van der Waals surface area contributed by atoms with E-state index in [9.17, 15) is 4.79 Å². The molecule has 140 valence electrons. The average Bonchev–Trinajstić information content (AvgIpc) is 3.28. The number of nitrogens with zero attached hydrogens (tertiary/aromatic N) is 1. The Morgan fingerprint density at radius 1 is 1.36 bits per heavy atom. The number of hydrogen-bond donors (Lipinski definition) is 1. The van der Waals surface area contributed by atoms with Crippen LogP contribution in [0.3, 0.4) is 0 Å². The molecule has 1 N–H and O–H groups in total. The molecule has 6 heteroatoms. The zero-order valence-electron chi connectivity index (χ0n) is 14.9. The van der Waals surface area contributed by atoms with E-state index in [-0.39, 0.29) is 24.4 Å². The zero-order chi connectivity index (χ0) is 16.8. The van der Waals surface area contributed by atoms with E-state index in [1.54, 1.807) is 7.11 Å². The lowest BCUT2D eigenvalue weighted by molar-refractivity contribution is -0.132. The van der Waals surface area contributed by atoms with Crippen molar-refractivity contribution in [1.82, 2.24) is 10.2 Å². The summed E-state index contributed by atoms with van der Waals surface area (Å²) in [4.78, 5) is 14.6. The largest absolute Gasteiger partial charge is 0.497 e. The highest BCUT2D eigenvalue weighted by Crippen LogP contribution is 2.27. The number of nitrogens with one attached hydrogen (secondary N) is 1. The number of amides is 1. The summed E-state index contributed by atoms with van der Waals surface area (Å²) in [7, 11) is 1.66. The number of halogens is 1. The maximum absolute atomic E-state index is 12.7. The molecule has 1 heterocycles. The Morgan fingerprint density at radius 3 is 2.88 bits per heavy atom. The molecule has 5 nitrogen and oxygen atoms in total. The molecule has 1 aliphatic carbocycles. The molecule has 25 heavy (non-hydrogen) atoms. The molecule has 1 unspecified atom stereocenters. The monoisotopic (exact) mass is 368 g/mol. The van der Waals surface area contributed by atoms with Crippen LogP contribution in [0.1, 0.15) is 31.2 Å². The van der Waals surface area contributed by atoms with Crippen molar-refractivity contribution in [3.63, 3.8) is 0 Å². The predicted molar refractivity (Wildman–Crippen MR) is 100 cm³/mol. The van der Waals surface area contributed by atoms with Gasteiger partial charge < -0.3 is 19.7 Å². The lowest BCUT2D eigenvalue weighted by Crippen LogP contribution is -2.42. The highest BCUT2D eigenvalue weighted by atomic mass is 35.5. The number of hydrogen-bond acceptors (Lipinski definition) is 4. The first-order chi connectivity index (χ1) is 11.7. The molecule has 1 aromatic carbocycles. The van der Waals surface area contributed by atoms with Crippen molar-refractivity contribution in [3.05, 3.63) is 29.8 Å². The molecular formula is C19H29ClN2O3. The van der Waals surface area contributed by atoms with Gasteiger partial charge in [-0.3, -0.25) is 4.79 Å². The van der Waals surface area contributed by atoms with Gasteiger partial charge in [-0.1, -0.05) is 12.1 Å². The smallest absolute Gasteiger partial charge is 0.236 e. The Balaban J connectivity index is 0.00000225. The van der Waals surface area contributed by atoms with Crippen LogP contribution in [0.2, 0.25) is 0 Å². The third-order valence-electron chi connectivity index (χ3n) is 4.71. The highest BCUT2D eigenvalue weighted by molar-refractivity contribution is 5.85. The summed E-state index contributed by atoms with van der Waals surface area (Å²) in [5.74, 6) is 1.75. The summed E-state index contributed by atoms with van der Waals surface area (Å²) in [6.45, 7) is 3.44. The Labute approximate surface area is 156 Å². The van der Waals surface area contributed by atoms with Crippen molar-refractivity contribution in [2.75, 3.05) is 33.4 Å². The summed E-state index contributed by atoms with van der Waals surface area (Å²) in [5, 5.41) is 3.30. The quantitative estimate of drug-likeness (QED) is 0.728. The van der Waals surface area contributed by atoms with Crippen LogP contribution in [0.4, 0.5) is 0 Å². The highest BCUT2D eigenvalue weighted by Gasteiger charge is 2.24.